The molecule has 2 aliphatic rings. The highest BCUT2D eigenvalue weighted by Gasteiger charge is 2.47. The molecule has 5 heteroatoms. The Morgan fingerprint density at radius 3 is 2.05 bits per heavy atom. The predicted molar refractivity (Wildman–Crippen MR) is 73.6 cm³/mol. The molecule has 0 aromatic heterocycles. The Hall–Kier alpha value is -0.843. The van der Waals surface area contributed by atoms with Crippen molar-refractivity contribution in [3.63, 3.8) is 0 Å². The Bertz CT molecular complexity index is 356. The Balaban J connectivity index is 1.95. The van der Waals surface area contributed by atoms with Crippen LogP contribution >= 0.6 is 0 Å². The highest BCUT2D eigenvalue weighted by atomic mass is 28.4. The molecule has 19 heavy (non-hydrogen) atoms. The molecule has 0 amide bonds. The molecule has 0 aromatic rings. The van der Waals surface area contributed by atoms with Gasteiger partial charge in [-0.15, -0.1) is 0 Å². The third-order valence-electron chi connectivity index (χ3n) is 4.72. The van der Waals surface area contributed by atoms with Gasteiger partial charge in [-0.1, -0.05) is 0 Å². The molecule has 0 aromatic carbocycles. The van der Waals surface area contributed by atoms with Crippen LogP contribution in [0.5, 0.6) is 0 Å². The molecule has 0 spiro atoms. The molecule has 2 bridgehead atoms. The van der Waals surface area contributed by atoms with E-state index < -0.39 is 8.56 Å². The van der Waals surface area contributed by atoms with E-state index in [0.717, 1.165) is 18.4 Å². The highest BCUT2D eigenvalue weighted by Crippen LogP contribution is 2.57. The van der Waals surface area contributed by atoms with Gasteiger partial charge in [0.1, 0.15) is 0 Å². The first-order chi connectivity index (χ1) is 8.83. The van der Waals surface area contributed by atoms with Gasteiger partial charge in [0, 0.05) is 26.4 Å². The second kappa shape index (κ2) is 5.27. The van der Waals surface area contributed by atoms with Gasteiger partial charge in [0.15, 0.2) is 0 Å². The molecule has 0 heterocycles. The van der Waals surface area contributed by atoms with E-state index in [0.29, 0.717) is 5.41 Å². The quantitative estimate of drug-likeness (QED) is 0.728. The van der Waals surface area contributed by atoms with Crippen molar-refractivity contribution in [2.45, 2.75) is 65.0 Å². The van der Waals surface area contributed by atoms with Crippen LogP contribution in [0.3, 0.4) is 0 Å². The fourth-order valence-corrected chi connectivity index (χ4v) is 6.33. The van der Waals surface area contributed by atoms with E-state index >= 15 is 0 Å². The zero-order valence-electron chi connectivity index (χ0n) is 12.2. The van der Waals surface area contributed by atoms with Crippen molar-refractivity contribution in [2.24, 2.45) is 11.3 Å². The molecule has 0 unspecified atom stereocenters. The normalized spacial score (nSPS) is 29.3. The molecule has 4 nitrogen and oxygen atoms in total. The van der Waals surface area contributed by atoms with Crippen molar-refractivity contribution in [1.29, 1.82) is 0 Å². The number of hydrogen-bond donors (Lipinski definition) is 0. The first kappa shape index (κ1) is 14.6. The zero-order chi connectivity index (χ0) is 14.1. The number of rotatable bonds is 5. The first-order valence-corrected chi connectivity index (χ1v) is 9.74. The summed E-state index contributed by atoms with van der Waals surface area (Å²) in [7, 11) is -2.69. The molecule has 2 rings (SSSR count). The summed E-state index contributed by atoms with van der Waals surface area (Å²) in [6, 6.07) is 0.735. The van der Waals surface area contributed by atoms with Crippen LogP contribution in [0.25, 0.3) is 0 Å². The zero-order valence-corrected chi connectivity index (χ0v) is 13.2. The summed E-state index contributed by atoms with van der Waals surface area (Å²) in [5, 5.41) is 0. The molecule has 0 N–H and O–H groups in total. The van der Waals surface area contributed by atoms with E-state index in [4.69, 9.17) is 8.85 Å². The summed E-state index contributed by atoms with van der Waals surface area (Å²) in [6.45, 7) is 4.59. The number of carbonyl (C=O) groups excluding carboxylic acids is 2. The second-order valence-electron chi connectivity index (χ2n) is 6.47. The van der Waals surface area contributed by atoms with Crippen LogP contribution in [0.15, 0.2) is 0 Å². The lowest BCUT2D eigenvalue weighted by molar-refractivity contribution is -0.138. The van der Waals surface area contributed by atoms with Gasteiger partial charge in [0.2, 0.25) is 0 Å². The minimum absolute atomic E-state index is 0.344. The van der Waals surface area contributed by atoms with Gasteiger partial charge < -0.3 is 8.85 Å². The molecule has 2 aliphatic carbocycles. The van der Waals surface area contributed by atoms with Crippen LogP contribution in [0, 0.1) is 11.3 Å². The maximum atomic E-state index is 11.2. The molecule has 0 aliphatic heterocycles. The maximum absolute atomic E-state index is 11.2. The summed E-state index contributed by atoms with van der Waals surface area (Å²) in [5.41, 5.74) is 0.444. The monoisotopic (exact) mass is 284 g/mol. The maximum Gasteiger partial charge on any atom is 0.461 e. The van der Waals surface area contributed by atoms with Crippen LogP contribution < -0.4 is 0 Å². The van der Waals surface area contributed by atoms with Gasteiger partial charge in [-0.25, -0.2) is 0 Å². The van der Waals surface area contributed by atoms with Gasteiger partial charge in [-0.2, -0.15) is 0 Å². The van der Waals surface area contributed by atoms with E-state index in [9.17, 15) is 9.59 Å². The third-order valence-corrected chi connectivity index (χ3v) is 7.31. The van der Waals surface area contributed by atoms with Crippen molar-refractivity contribution in [3.8, 4) is 0 Å². The van der Waals surface area contributed by atoms with Crippen LogP contribution in [0.2, 0.25) is 12.6 Å². The van der Waals surface area contributed by atoms with Gasteiger partial charge in [-0.3, -0.25) is 9.59 Å². The largest absolute Gasteiger partial charge is 0.485 e. The first-order valence-electron chi connectivity index (χ1n) is 7.22. The SMILES string of the molecule is CC(=O)O[Si](C)(CCC12CCC(CC1)C2)OC(C)=O. The predicted octanol–water partition coefficient (Wildman–Crippen LogP) is 3.16. The van der Waals surface area contributed by atoms with Gasteiger partial charge >= 0.3 is 8.56 Å². The van der Waals surface area contributed by atoms with E-state index in [-0.39, 0.29) is 11.9 Å². The summed E-state index contributed by atoms with van der Waals surface area (Å²) in [5.74, 6) is 0.225. The average Bonchev–Trinajstić information content (AvgIpc) is 2.85. The molecule has 2 saturated carbocycles. The third kappa shape index (κ3) is 3.59. The Kier molecular flexibility index (Phi) is 4.04. The van der Waals surface area contributed by atoms with E-state index in [1.165, 1.54) is 46.0 Å². The van der Waals surface area contributed by atoms with Crippen LogP contribution in [0.1, 0.15) is 52.4 Å². The topological polar surface area (TPSA) is 52.6 Å². The molecule has 0 radical (unpaired) electrons. The lowest BCUT2D eigenvalue weighted by Crippen LogP contribution is -2.42. The molecule has 0 atom stereocenters. The van der Waals surface area contributed by atoms with Crippen LogP contribution in [-0.2, 0) is 18.4 Å². The van der Waals surface area contributed by atoms with Crippen LogP contribution in [0.4, 0.5) is 0 Å². The molecular weight excluding hydrogens is 260 g/mol. The fourth-order valence-electron chi connectivity index (χ4n) is 3.89. The number of carbonyl (C=O) groups is 2. The Morgan fingerprint density at radius 2 is 1.68 bits per heavy atom. The summed E-state index contributed by atoms with van der Waals surface area (Å²) in [4.78, 5) is 22.4. The Morgan fingerprint density at radius 1 is 1.16 bits per heavy atom. The summed E-state index contributed by atoms with van der Waals surface area (Å²) < 4.78 is 10.7. The standard InChI is InChI=1S/C14H24O4Si/c1-11(15)17-19(3,18-12(2)16)9-8-14-6-4-13(10-14)5-7-14/h13H,4-10H2,1-3H3. The molecule has 2 fully saturated rings. The highest BCUT2D eigenvalue weighted by molar-refractivity contribution is 6.69. The summed E-state index contributed by atoms with van der Waals surface area (Å²) >= 11 is 0. The molecular formula is C14H24O4Si. The number of hydrogen-bond acceptors (Lipinski definition) is 4. The smallest absolute Gasteiger partial charge is 0.461 e. The van der Waals surface area contributed by atoms with Gasteiger partial charge in [-0.05, 0) is 49.9 Å². The number of fused-ring (bicyclic) bond motifs is 2. The van der Waals surface area contributed by atoms with E-state index in [1.54, 1.807) is 0 Å². The van der Waals surface area contributed by atoms with Crippen molar-refractivity contribution < 1.29 is 18.4 Å². The van der Waals surface area contributed by atoms with Gasteiger partial charge in [0.25, 0.3) is 11.9 Å². The lowest BCUT2D eigenvalue weighted by Gasteiger charge is -2.31. The van der Waals surface area contributed by atoms with Crippen LogP contribution in [-0.4, -0.2) is 20.5 Å². The van der Waals surface area contributed by atoms with Crippen molar-refractivity contribution >= 4 is 20.5 Å². The van der Waals surface area contributed by atoms with Crippen molar-refractivity contribution in [3.05, 3.63) is 0 Å². The van der Waals surface area contributed by atoms with Gasteiger partial charge in [0.05, 0.1) is 0 Å². The molecule has 108 valence electrons. The Labute approximate surface area is 116 Å². The second-order valence-corrected chi connectivity index (χ2v) is 9.64. The average molecular weight is 284 g/mol. The summed E-state index contributed by atoms with van der Waals surface area (Å²) in [6.07, 6.45) is 7.63. The minimum atomic E-state index is -2.69. The lowest BCUT2D eigenvalue weighted by atomic mass is 9.82. The molecule has 0 saturated heterocycles. The van der Waals surface area contributed by atoms with Crippen molar-refractivity contribution in [2.75, 3.05) is 0 Å². The fraction of sp³-hybridized carbons (Fsp3) is 0.857. The van der Waals surface area contributed by atoms with E-state index in [1.807, 2.05) is 6.55 Å². The van der Waals surface area contributed by atoms with Crippen molar-refractivity contribution in [1.82, 2.24) is 0 Å². The minimum Gasteiger partial charge on any atom is -0.485 e. The van der Waals surface area contributed by atoms with E-state index in [2.05, 4.69) is 0 Å².